The van der Waals surface area contributed by atoms with Crippen LogP contribution in [0.3, 0.4) is 0 Å². The molecule has 4 atom stereocenters. The lowest BCUT2D eigenvalue weighted by Gasteiger charge is -2.28. The number of hydrogen-bond acceptors (Lipinski definition) is 8. The van der Waals surface area contributed by atoms with Crippen molar-refractivity contribution in [3.05, 3.63) is 23.9 Å². The highest BCUT2D eigenvalue weighted by Gasteiger charge is 2.33. The first kappa shape index (κ1) is 30.8. The Kier molecular flexibility index (Phi) is 12.5. The van der Waals surface area contributed by atoms with E-state index in [2.05, 4.69) is 21.3 Å². The number of ether oxygens (including phenoxy) is 1. The maximum absolute atomic E-state index is 13.2. The molecule has 4 N–H and O–H groups in total. The van der Waals surface area contributed by atoms with Gasteiger partial charge < -0.3 is 26.0 Å². The van der Waals surface area contributed by atoms with Gasteiger partial charge in [0.15, 0.2) is 0 Å². The molecule has 2 rings (SSSR count). The third-order valence-electron chi connectivity index (χ3n) is 5.84. The monoisotopic (exact) mass is 554 g/mol. The molecule has 206 valence electrons. The van der Waals surface area contributed by atoms with Crippen molar-refractivity contribution in [1.29, 1.82) is 0 Å². The van der Waals surface area contributed by atoms with Crippen molar-refractivity contribution in [2.45, 2.75) is 78.1 Å². The van der Waals surface area contributed by atoms with Crippen LogP contribution in [0.15, 0.2) is 23.9 Å². The van der Waals surface area contributed by atoms with Gasteiger partial charge in [0.1, 0.15) is 29.9 Å². The fourth-order valence-electron chi connectivity index (χ4n) is 3.70. The SMILES string of the molecule is C/C=C1\NC(=O)[C@H]2CCSSCC/C=C/[C@H](CC(=O)N[C@H](C(C)C)C(=O)N2)OC(=O)[C@H](C(C)C)NC1=O. The summed E-state index contributed by atoms with van der Waals surface area (Å²) in [5.41, 5.74) is -0.0388. The van der Waals surface area contributed by atoms with Gasteiger partial charge in [0.25, 0.3) is 5.91 Å². The number of carbonyl (C=O) groups excluding carboxylic acids is 5. The van der Waals surface area contributed by atoms with Crippen molar-refractivity contribution in [2.24, 2.45) is 11.8 Å². The number of nitrogens with one attached hydrogen (secondary N) is 4. The van der Waals surface area contributed by atoms with Crippen molar-refractivity contribution < 1.29 is 28.7 Å². The molecule has 37 heavy (non-hydrogen) atoms. The largest absolute Gasteiger partial charge is 0.456 e. The van der Waals surface area contributed by atoms with E-state index in [1.165, 1.54) is 6.08 Å². The minimum Gasteiger partial charge on any atom is -0.456 e. The number of allylic oxidation sites excluding steroid dienone is 2. The second-order valence-corrected chi connectivity index (χ2v) is 12.3. The molecular formula is C25H38N4O6S2. The Balaban J connectivity index is 2.55. The average molecular weight is 555 g/mol. The Labute approximate surface area is 226 Å². The molecule has 0 spiro atoms. The van der Waals surface area contributed by atoms with E-state index in [0.29, 0.717) is 18.6 Å². The zero-order valence-corrected chi connectivity index (χ0v) is 23.6. The fraction of sp³-hybridized carbons (Fsp3) is 0.640. The van der Waals surface area contributed by atoms with E-state index < -0.39 is 53.8 Å². The molecule has 1 saturated heterocycles. The lowest BCUT2D eigenvalue weighted by molar-refractivity contribution is -0.153. The fourth-order valence-corrected chi connectivity index (χ4v) is 5.78. The van der Waals surface area contributed by atoms with Crippen LogP contribution in [0.4, 0.5) is 0 Å². The molecule has 10 nitrogen and oxygen atoms in total. The summed E-state index contributed by atoms with van der Waals surface area (Å²) in [5.74, 6) is -2.11. The molecular weight excluding hydrogens is 516 g/mol. The Hall–Kier alpha value is -2.47. The van der Waals surface area contributed by atoms with Gasteiger partial charge in [-0.2, -0.15) is 0 Å². The summed E-state index contributed by atoms with van der Waals surface area (Å²) in [6.07, 6.45) is 4.91. The molecule has 0 unspecified atom stereocenters. The molecule has 2 bridgehead atoms. The molecule has 1 fully saturated rings. The summed E-state index contributed by atoms with van der Waals surface area (Å²) in [6, 6.07) is -2.84. The average Bonchev–Trinajstić information content (AvgIpc) is 2.82. The predicted molar refractivity (Wildman–Crippen MR) is 145 cm³/mol. The van der Waals surface area contributed by atoms with Gasteiger partial charge >= 0.3 is 5.97 Å². The Bertz CT molecular complexity index is 921. The van der Waals surface area contributed by atoms with Gasteiger partial charge in [-0.15, -0.1) is 0 Å². The summed E-state index contributed by atoms with van der Waals surface area (Å²) in [6.45, 7) is 8.68. The van der Waals surface area contributed by atoms with Gasteiger partial charge in [0, 0.05) is 11.5 Å². The first-order valence-electron chi connectivity index (χ1n) is 12.5. The lowest BCUT2D eigenvalue weighted by Crippen LogP contribution is -2.56. The number of fused-ring (bicyclic) bond motifs is 7. The Morgan fingerprint density at radius 2 is 1.59 bits per heavy atom. The topological polar surface area (TPSA) is 143 Å². The molecule has 0 aromatic heterocycles. The number of hydrogen-bond donors (Lipinski definition) is 4. The number of amides is 4. The summed E-state index contributed by atoms with van der Waals surface area (Å²) in [7, 11) is 3.20. The Morgan fingerprint density at radius 3 is 2.24 bits per heavy atom. The molecule has 0 aliphatic carbocycles. The zero-order chi connectivity index (χ0) is 27.5. The van der Waals surface area contributed by atoms with Crippen LogP contribution in [-0.4, -0.2) is 65.3 Å². The molecule has 0 saturated carbocycles. The van der Waals surface area contributed by atoms with Gasteiger partial charge in [-0.3, -0.25) is 19.2 Å². The van der Waals surface area contributed by atoms with Crippen molar-refractivity contribution in [2.75, 3.05) is 11.5 Å². The molecule has 12 heteroatoms. The van der Waals surface area contributed by atoms with Crippen molar-refractivity contribution in [1.82, 2.24) is 21.3 Å². The van der Waals surface area contributed by atoms with E-state index in [-0.39, 0.29) is 24.0 Å². The van der Waals surface area contributed by atoms with E-state index >= 15 is 0 Å². The van der Waals surface area contributed by atoms with E-state index in [1.54, 1.807) is 62.3 Å². The summed E-state index contributed by atoms with van der Waals surface area (Å²) in [5, 5.41) is 10.7. The molecule has 4 amide bonds. The van der Waals surface area contributed by atoms with Crippen LogP contribution < -0.4 is 21.3 Å². The van der Waals surface area contributed by atoms with Gasteiger partial charge in [-0.05, 0) is 37.7 Å². The molecule has 2 aliphatic rings. The quantitative estimate of drug-likeness (QED) is 0.175. The molecule has 2 aliphatic heterocycles. The minimum absolute atomic E-state index is 0.0388. The normalized spacial score (nSPS) is 29.5. The van der Waals surface area contributed by atoms with Gasteiger partial charge in [0.05, 0.1) is 6.42 Å². The van der Waals surface area contributed by atoms with Crippen LogP contribution in [0.25, 0.3) is 0 Å². The first-order chi connectivity index (χ1) is 17.5. The summed E-state index contributed by atoms with van der Waals surface area (Å²) in [4.78, 5) is 65.4. The van der Waals surface area contributed by atoms with Crippen LogP contribution >= 0.6 is 21.6 Å². The van der Waals surface area contributed by atoms with Gasteiger partial charge in [0.2, 0.25) is 17.7 Å². The second-order valence-electron chi connectivity index (χ2n) is 9.57. The smallest absolute Gasteiger partial charge is 0.329 e. The molecule has 0 aromatic carbocycles. The van der Waals surface area contributed by atoms with Crippen LogP contribution in [0.2, 0.25) is 0 Å². The maximum atomic E-state index is 13.2. The number of carbonyl (C=O) groups is 5. The standard InChI is InChI=1S/C25H38N4O6S2/c1-6-17-22(31)29-21(15(4)5)25(34)35-16-9-7-8-11-36-37-12-10-18(23(32)26-17)27-24(33)20(14(2)3)28-19(30)13-16/h6-7,9,14-16,18,20-21H,8,10-13H2,1-5H3,(H,26,32)(H,27,33)(H,28,30)(H,29,31)/b9-7+,17-6-/t16-,18-,20-,21+/m1/s1. The van der Waals surface area contributed by atoms with Gasteiger partial charge in [-0.25, -0.2) is 4.79 Å². The summed E-state index contributed by atoms with van der Waals surface area (Å²) < 4.78 is 5.67. The molecule has 2 heterocycles. The summed E-state index contributed by atoms with van der Waals surface area (Å²) >= 11 is 0. The first-order valence-corrected chi connectivity index (χ1v) is 15.0. The number of esters is 1. The number of rotatable bonds is 2. The second kappa shape index (κ2) is 15.1. The predicted octanol–water partition coefficient (Wildman–Crippen LogP) is 1.82. The third-order valence-corrected chi connectivity index (χ3v) is 8.31. The van der Waals surface area contributed by atoms with Crippen LogP contribution in [-0.2, 0) is 28.7 Å². The van der Waals surface area contributed by atoms with Crippen LogP contribution in [0.1, 0.15) is 53.9 Å². The van der Waals surface area contributed by atoms with Crippen molar-refractivity contribution in [3.63, 3.8) is 0 Å². The minimum atomic E-state index is -1.00. The van der Waals surface area contributed by atoms with Gasteiger partial charge in [-0.1, -0.05) is 61.4 Å². The molecule has 0 radical (unpaired) electrons. The van der Waals surface area contributed by atoms with E-state index in [1.807, 2.05) is 6.08 Å². The van der Waals surface area contributed by atoms with Crippen LogP contribution in [0, 0.1) is 11.8 Å². The van der Waals surface area contributed by atoms with Crippen LogP contribution in [0.5, 0.6) is 0 Å². The third kappa shape index (κ3) is 9.73. The van der Waals surface area contributed by atoms with E-state index in [9.17, 15) is 24.0 Å². The lowest BCUT2D eigenvalue weighted by atomic mass is 10.0. The van der Waals surface area contributed by atoms with Crippen molar-refractivity contribution in [3.8, 4) is 0 Å². The Morgan fingerprint density at radius 1 is 0.919 bits per heavy atom. The maximum Gasteiger partial charge on any atom is 0.329 e. The van der Waals surface area contributed by atoms with E-state index in [0.717, 1.165) is 5.75 Å². The molecule has 0 aromatic rings. The highest BCUT2D eigenvalue weighted by Crippen LogP contribution is 2.24. The highest BCUT2D eigenvalue weighted by molar-refractivity contribution is 8.76. The van der Waals surface area contributed by atoms with E-state index in [4.69, 9.17) is 4.74 Å². The highest BCUT2D eigenvalue weighted by atomic mass is 33.1. The zero-order valence-electron chi connectivity index (χ0n) is 22.0. The van der Waals surface area contributed by atoms with Crippen molar-refractivity contribution >= 4 is 51.2 Å².